The lowest BCUT2D eigenvalue weighted by atomic mass is 9.98. The molecule has 1 aliphatic heterocycles. The summed E-state index contributed by atoms with van der Waals surface area (Å²) in [5, 5.41) is 10.1. The van der Waals surface area contributed by atoms with Crippen LogP contribution in [0.3, 0.4) is 0 Å². The van der Waals surface area contributed by atoms with Crippen LogP contribution in [0.1, 0.15) is 24.0 Å². The predicted molar refractivity (Wildman–Crippen MR) is 80.4 cm³/mol. The lowest BCUT2D eigenvalue weighted by Crippen LogP contribution is -2.36. The van der Waals surface area contributed by atoms with E-state index in [1.165, 1.54) is 12.8 Å². The minimum atomic E-state index is 0.428. The molecule has 1 aliphatic rings. The quantitative estimate of drug-likeness (QED) is 0.920. The first-order chi connectivity index (χ1) is 9.10. The van der Waals surface area contributed by atoms with E-state index in [2.05, 4.69) is 20.8 Å². The van der Waals surface area contributed by atoms with Gasteiger partial charge in [0.15, 0.2) is 0 Å². The first-order valence-corrected chi connectivity index (χ1v) is 7.58. The average molecular weight is 328 g/mol. The van der Waals surface area contributed by atoms with Crippen molar-refractivity contribution < 1.29 is 9.84 Å². The monoisotopic (exact) mass is 327 g/mol. The molecule has 0 radical (unpaired) electrons. The van der Waals surface area contributed by atoms with E-state index in [1.54, 1.807) is 7.11 Å². The summed E-state index contributed by atoms with van der Waals surface area (Å²) < 4.78 is 6.29. The maximum absolute atomic E-state index is 10.1. The van der Waals surface area contributed by atoms with E-state index in [1.807, 2.05) is 19.1 Å². The van der Waals surface area contributed by atoms with Gasteiger partial charge in [0, 0.05) is 30.2 Å². The molecule has 0 amide bonds. The van der Waals surface area contributed by atoms with Crippen LogP contribution in [0.5, 0.6) is 5.75 Å². The van der Waals surface area contributed by atoms with E-state index in [-0.39, 0.29) is 0 Å². The third-order valence-electron chi connectivity index (χ3n) is 3.74. The molecule has 1 atom stereocenters. The van der Waals surface area contributed by atoms with Crippen molar-refractivity contribution in [3.8, 4) is 5.75 Å². The molecule has 0 spiro atoms. The number of likely N-dealkylation sites (tertiary alicyclic amines) is 1. The molecule has 1 heterocycles. The summed E-state index contributed by atoms with van der Waals surface area (Å²) in [5.74, 6) is 1.05. The van der Waals surface area contributed by atoms with Crippen molar-refractivity contribution >= 4 is 15.9 Å². The fourth-order valence-electron chi connectivity index (χ4n) is 2.83. The number of aryl methyl sites for hydroxylation is 1. The van der Waals surface area contributed by atoms with E-state index in [0.29, 0.717) is 11.7 Å². The number of aromatic hydroxyl groups is 1. The summed E-state index contributed by atoms with van der Waals surface area (Å²) in [6.07, 6.45) is 2.45. The number of phenols is 1. The lowest BCUT2D eigenvalue weighted by Gasteiger charge is -2.32. The minimum Gasteiger partial charge on any atom is -0.507 e. The molecule has 0 aliphatic carbocycles. The number of methoxy groups -OCH3 is 1. The number of phenolic OH excluding ortho intramolecular Hbond substituents is 1. The maximum atomic E-state index is 10.1. The smallest absolute Gasteiger partial charge is 0.123 e. The highest BCUT2D eigenvalue weighted by Gasteiger charge is 2.21. The zero-order chi connectivity index (χ0) is 13.8. The predicted octanol–water partition coefficient (Wildman–Crippen LogP) is 3.32. The van der Waals surface area contributed by atoms with Crippen LogP contribution in [-0.4, -0.2) is 36.8 Å². The second-order valence-electron chi connectivity index (χ2n) is 5.43. The Kier molecular flexibility index (Phi) is 5.25. The van der Waals surface area contributed by atoms with Gasteiger partial charge in [0.25, 0.3) is 0 Å². The van der Waals surface area contributed by atoms with Gasteiger partial charge in [-0.3, -0.25) is 4.90 Å². The number of ether oxygens (including phenoxy) is 1. The molecular formula is C15H22BrNO2. The van der Waals surface area contributed by atoms with Gasteiger partial charge in [0.2, 0.25) is 0 Å². The molecule has 1 fully saturated rings. The molecule has 2 rings (SSSR count). The Balaban J connectivity index is 2.04. The number of halogens is 1. The van der Waals surface area contributed by atoms with Crippen LogP contribution in [0.4, 0.5) is 0 Å². The highest BCUT2D eigenvalue weighted by molar-refractivity contribution is 9.10. The molecule has 0 bridgehead atoms. The first kappa shape index (κ1) is 14.8. The summed E-state index contributed by atoms with van der Waals surface area (Å²) in [6, 6.07) is 3.96. The molecule has 1 N–H and O–H groups in total. The minimum absolute atomic E-state index is 0.428. The van der Waals surface area contributed by atoms with Gasteiger partial charge in [-0.15, -0.1) is 0 Å². The summed E-state index contributed by atoms with van der Waals surface area (Å²) in [4.78, 5) is 2.41. The third-order valence-corrected chi connectivity index (χ3v) is 4.20. The summed E-state index contributed by atoms with van der Waals surface area (Å²) >= 11 is 3.50. The Labute approximate surface area is 123 Å². The van der Waals surface area contributed by atoms with E-state index < -0.39 is 0 Å². The van der Waals surface area contributed by atoms with Crippen molar-refractivity contribution in [2.75, 3.05) is 26.8 Å². The van der Waals surface area contributed by atoms with Gasteiger partial charge in [-0.1, -0.05) is 15.9 Å². The van der Waals surface area contributed by atoms with Crippen molar-refractivity contribution in [2.24, 2.45) is 5.92 Å². The number of piperidine rings is 1. The molecule has 3 nitrogen and oxygen atoms in total. The molecule has 1 unspecified atom stereocenters. The van der Waals surface area contributed by atoms with Gasteiger partial charge in [0.1, 0.15) is 5.75 Å². The van der Waals surface area contributed by atoms with Crippen molar-refractivity contribution in [3.05, 3.63) is 27.7 Å². The fraction of sp³-hybridized carbons (Fsp3) is 0.600. The summed E-state index contributed by atoms with van der Waals surface area (Å²) in [5.41, 5.74) is 1.93. The Morgan fingerprint density at radius 3 is 3.00 bits per heavy atom. The Bertz CT molecular complexity index is 434. The van der Waals surface area contributed by atoms with E-state index in [4.69, 9.17) is 4.74 Å². The zero-order valence-corrected chi connectivity index (χ0v) is 13.2. The maximum Gasteiger partial charge on any atom is 0.123 e. The molecule has 0 aromatic heterocycles. The van der Waals surface area contributed by atoms with Crippen molar-refractivity contribution in [2.45, 2.75) is 26.3 Å². The summed E-state index contributed by atoms with van der Waals surface area (Å²) in [6.45, 7) is 5.74. The Hall–Kier alpha value is -0.580. The van der Waals surface area contributed by atoms with Crippen LogP contribution in [0.2, 0.25) is 0 Å². The van der Waals surface area contributed by atoms with E-state index in [9.17, 15) is 5.11 Å². The number of benzene rings is 1. The van der Waals surface area contributed by atoms with E-state index >= 15 is 0 Å². The van der Waals surface area contributed by atoms with Crippen LogP contribution in [0.15, 0.2) is 16.6 Å². The van der Waals surface area contributed by atoms with Gasteiger partial charge in [0.05, 0.1) is 6.61 Å². The number of hydrogen-bond acceptors (Lipinski definition) is 3. The SMILES string of the molecule is COCC1CCCN(Cc2cc(Br)cc(C)c2O)C1. The van der Waals surface area contributed by atoms with Crippen molar-refractivity contribution in [1.29, 1.82) is 0 Å². The zero-order valence-electron chi connectivity index (χ0n) is 11.7. The second kappa shape index (κ2) is 6.73. The van der Waals surface area contributed by atoms with Crippen LogP contribution in [-0.2, 0) is 11.3 Å². The normalized spacial score (nSPS) is 20.7. The molecule has 106 valence electrons. The van der Waals surface area contributed by atoms with Crippen LogP contribution >= 0.6 is 15.9 Å². The molecule has 1 aromatic carbocycles. The highest BCUT2D eigenvalue weighted by atomic mass is 79.9. The summed E-state index contributed by atoms with van der Waals surface area (Å²) in [7, 11) is 1.77. The number of nitrogens with zero attached hydrogens (tertiary/aromatic N) is 1. The number of rotatable bonds is 4. The molecule has 1 saturated heterocycles. The fourth-order valence-corrected chi connectivity index (χ4v) is 3.45. The Morgan fingerprint density at radius 2 is 2.26 bits per heavy atom. The second-order valence-corrected chi connectivity index (χ2v) is 6.34. The van der Waals surface area contributed by atoms with Crippen molar-refractivity contribution in [1.82, 2.24) is 4.90 Å². The van der Waals surface area contributed by atoms with Gasteiger partial charge in [-0.25, -0.2) is 0 Å². The Morgan fingerprint density at radius 1 is 1.47 bits per heavy atom. The molecule has 4 heteroatoms. The van der Waals surface area contributed by atoms with Gasteiger partial charge in [-0.2, -0.15) is 0 Å². The van der Waals surface area contributed by atoms with Gasteiger partial charge < -0.3 is 9.84 Å². The third kappa shape index (κ3) is 3.94. The van der Waals surface area contributed by atoms with Crippen LogP contribution in [0.25, 0.3) is 0 Å². The molecule has 1 aromatic rings. The standard InChI is InChI=1S/C15H22BrNO2/c1-11-6-14(16)7-13(15(11)18)9-17-5-3-4-12(8-17)10-19-2/h6-7,12,18H,3-5,8-10H2,1-2H3. The topological polar surface area (TPSA) is 32.7 Å². The molecule has 0 saturated carbocycles. The molecular weight excluding hydrogens is 306 g/mol. The van der Waals surface area contributed by atoms with Gasteiger partial charge in [-0.05, 0) is 49.9 Å². The lowest BCUT2D eigenvalue weighted by molar-refractivity contribution is 0.0870. The van der Waals surface area contributed by atoms with Gasteiger partial charge >= 0.3 is 0 Å². The average Bonchev–Trinajstić information content (AvgIpc) is 2.36. The highest BCUT2D eigenvalue weighted by Crippen LogP contribution is 2.29. The molecule has 19 heavy (non-hydrogen) atoms. The first-order valence-electron chi connectivity index (χ1n) is 6.79. The van der Waals surface area contributed by atoms with Crippen LogP contribution in [0, 0.1) is 12.8 Å². The van der Waals surface area contributed by atoms with Crippen molar-refractivity contribution in [3.63, 3.8) is 0 Å². The number of hydrogen-bond donors (Lipinski definition) is 1. The van der Waals surface area contributed by atoms with E-state index in [0.717, 1.165) is 41.8 Å². The largest absolute Gasteiger partial charge is 0.507 e. The van der Waals surface area contributed by atoms with Crippen LogP contribution < -0.4 is 0 Å².